The Labute approximate surface area is 156 Å². The van der Waals surface area contributed by atoms with Gasteiger partial charge < -0.3 is 0 Å². The highest BCUT2D eigenvalue weighted by molar-refractivity contribution is 5.63. The van der Waals surface area contributed by atoms with Crippen molar-refractivity contribution in [2.75, 3.05) is 0 Å². The monoisotopic (exact) mass is 336 g/mol. The Balaban J connectivity index is 2.51. The largest absolute Gasteiger partial charge is 0.0991 e. The zero-order chi connectivity index (χ0) is 18.4. The van der Waals surface area contributed by atoms with Crippen LogP contribution in [0.1, 0.15) is 22.3 Å². The number of hydrogen-bond acceptors (Lipinski definition) is 0. The lowest BCUT2D eigenvalue weighted by Crippen LogP contribution is -2.32. The third kappa shape index (κ3) is 2.95. The fourth-order valence-corrected chi connectivity index (χ4v) is 3.81. The van der Waals surface area contributed by atoms with Crippen LogP contribution in [0, 0.1) is 6.92 Å². The van der Waals surface area contributed by atoms with Gasteiger partial charge in [0, 0.05) is 0 Å². The molecule has 0 unspecified atom stereocenters. The molecule has 128 valence electrons. The molecule has 0 radical (unpaired) electrons. The number of allylic oxidation sites excluding steroid dienone is 4. The second-order valence-electron chi connectivity index (χ2n) is 6.36. The van der Waals surface area contributed by atoms with Gasteiger partial charge in [-0.3, -0.25) is 0 Å². The summed E-state index contributed by atoms with van der Waals surface area (Å²) in [6.07, 6.45) is 5.86. The molecule has 3 aromatic carbocycles. The quantitative estimate of drug-likeness (QED) is 0.350. The molecular formula is C26H24. The Kier molecular flexibility index (Phi) is 5.34. The minimum Gasteiger partial charge on any atom is -0.0991 e. The first-order valence-corrected chi connectivity index (χ1v) is 8.88. The van der Waals surface area contributed by atoms with E-state index in [2.05, 4.69) is 111 Å². The molecule has 26 heavy (non-hydrogen) atoms. The normalized spacial score (nSPS) is 11.8. The lowest BCUT2D eigenvalue weighted by Gasteiger charge is -2.38. The molecule has 0 aromatic heterocycles. The third-order valence-corrected chi connectivity index (χ3v) is 4.91. The molecule has 0 bridgehead atoms. The predicted octanol–water partition coefficient (Wildman–Crippen LogP) is 6.63. The van der Waals surface area contributed by atoms with Crippen molar-refractivity contribution in [3.8, 4) is 0 Å². The fraction of sp³-hybridized carbons (Fsp3) is 0.0769. The van der Waals surface area contributed by atoms with Gasteiger partial charge in [0.2, 0.25) is 0 Å². The minimum atomic E-state index is -0.441. The van der Waals surface area contributed by atoms with Crippen molar-refractivity contribution < 1.29 is 0 Å². The first-order valence-electron chi connectivity index (χ1n) is 8.88. The summed E-state index contributed by atoms with van der Waals surface area (Å²) in [5.41, 5.74) is 5.60. The van der Waals surface area contributed by atoms with Crippen LogP contribution < -0.4 is 0 Å². The predicted molar refractivity (Wildman–Crippen MR) is 112 cm³/mol. The molecule has 0 spiro atoms. The van der Waals surface area contributed by atoms with E-state index in [0.717, 1.165) is 5.57 Å². The van der Waals surface area contributed by atoms with Gasteiger partial charge in [-0.05, 0) is 34.8 Å². The first-order chi connectivity index (χ1) is 12.7. The summed E-state index contributed by atoms with van der Waals surface area (Å²) < 4.78 is 0. The Morgan fingerprint density at radius 3 is 1.69 bits per heavy atom. The summed E-state index contributed by atoms with van der Waals surface area (Å²) in [5, 5.41) is 0. The van der Waals surface area contributed by atoms with Gasteiger partial charge in [0.05, 0.1) is 5.41 Å². The first kappa shape index (κ1) is 17.7. The van der Waals surface area contributed by atoms with E-state index in [1.54, 1.807) is 0 Å². The van der Waals surface area contributed by atoms with E-state index in [1.165, 1.54) is 22.3 Å². The van der Waals surface area contributed by atoms with Gasteiger partial charge >= 0.3 is 0 Å². The van der Waals surface area contributed by atoms with E-state index < -0.39 is 5.41 Å². The van der Waals surface area contributed by atoms with E-state index >= 15 is 0 Å². The molecule has 0 aliphatic heterocycles. The zero-order valence-corrected chi connectivity index (χ0v) is 15.2. The van der Waals surface area contributed by atoms with Crippen LogP contribution in [-0.2, 0) is 5.41 Å². The second kappa shape index (κ2) is 7.84. The van der Waals surface area contributed by atoms with E-state index in [0.29, 0.717) is 0 Å². The minimum absolute atomic E-state index is 0.441. The summed E-state index contributed by atoms with van der Waals surface area (Å²) >= 11 is 0. The highest BCUT2D eigenvalue weighted by atomic mass is 14.4. The van der Waals surface area contributed by atoms with Crippen molar-refractivity contribution in [3.05, 3.63) is 144 Å². The molecule has 3 rings (SSSR count). The van der Waals surface area contributed by atoms with Crippen molar-refractivity contribution >= 4 is 0 Å². The fourth-order valence-electron chi connectivity index (χ4n) is 3.81. The molecule has 3 aromatic rings. The van der Waals surface area contributed by atoms with Gasteiger partial charge in [0.25, 0.3) is 0 Å². The lowest BCUT2D eigenvalue weighted by atomic mass is 9.63. The van der Waals surface area contributed by atoms with Crippen molar-refractivity contribution in [1.29, 1.82) is 0 Å². The van der Waals surface area contributed by atoms with Crippen LogP contribution in [0.5, 0.6) is 0 Å². The van der Waals surface area contributed by atoms with Crippen molar-refractivity contribution in [1.82, 2.24) is 0 Å². The standard InChI is InChI=1S/C26H24/c1-4-14-22(5-2)26(23-16-8-6-9-17-23,24-18-10-7-11-19-24)25-20-13-12-15-21(25)3/h4-20H,1-2H2,3H3/b22-14+. The van der Waals surface area contributed by atoms with E-state index in [9.17, 15) is 0 Å². The third-order valence-electron chi connectivity index (χ3n) is 4.91. The topological polar surface area (TPSA) is 0 Å². The van der Waals surface area contributed by atoms with Gasteiger partial charge in [-0.2, -0.15) is 0 Å². The molecular weight excluding hydrogens is 312 g/mol. The number of rotatable bonds is 6. The van der Waals surface area contributed by atoms with Crippen molar-refractivity contribution in [3.63, 3.8) is 0 Å². The van der Waals surface area contributed by atoms with E-state index in [-0.39, 0.29) is 0 Å². The molecule has 0 amide bonds. The number of hydrogen-bond donors (Lipinski definition) is 0. The van der Waals surface area contributed by atoms with Gasteiger partial charge in [-0.25, -0.2) is 0 Å². The SMILES string of the molecule is C=C/C=C(\C=C)C(c1ccccc1)(c1ccccc1)c1ccccc1C. The van der Waals surface area contributed by atoms with Crippen LogP contribution in [-0.4, -0.2) is 0 Å². The molecule has 0 fully saturated rings. The van der Waals surface area contributed by atoms with Crippen LogP contribution in [0.25, 0.3) is 0 Å². The summed E-state index contributed by atoms with van der Waals surface area (Å²) in [7, 11) is 0. The molecule has 0 heteroatoms. The Bertz CT molecular complexity index is 875. The summed E-state index contributed by atoms with van der Waals surface area (Å²) in [5.74, 6) is 0. The summed E-state index contributed by atoms with van der Waals surface area (Å²) in [4.78, 5) is 0. The molecule has 0 saturated heterocycles. The maximum absolute atomic E-state index is 4.14. The number of benzene rings is 3. The molecule has 0 atom stereocenters. The van der Waals surface area contributed by atoms with Crippen LogP contribution in [0.4, 0.5) is 0 Å². The van der Waals surface area contributed by atoms with Gasteiger partial charge in [0.1, 0.15) is 0 Å². The molecule has 0 aliphatic rings. The maximum Gasteiger partial charge on any atom is 0.0703 e. The van der Waals surface area contributed by atoms with Crippen molar-refractivity contribution in [2.24, 2.45) is 0 Å². The Hall–Kier alpha value is -3.12. The van der Waals surface area contributed by atoms with Gasteiger partial charge in [-0.15, -0.1) is 0 Å². The van der Waals surface area contributed by atoms with E-state index in [1.807, 2.05) is 12.2 Å². The second-order valence-corrected chi connectivity index (χ2v) is 6.36. The average molecular weight is 336 g/mol. The summed E-state index contributed by atoms with van der Waals surface area (Å²) in [6, 6.07) is 29.9. The van der Waals surface area contributed by atoms with Gasteiger partial charge in [0.15, 0.2) is 0 Å². The van der Waals surface area contributed by atoms with Crippen LogP contribution >= 0.6 is 0 Å². The van der Waals surface area contributed by atoms with Crippen LogP contribution in [0.15, 0.2) is 122 Å². The highest BCUT2D eigenvalue weighted by Crippen LogP contribution is 2.46. The molecule has 0 N–H and O–H groups in total. The Morgan fingerprint density at radius 1 is 0.731 bits per heavy atom. The average Bonchev–Trinajstić information content (AvgIpc) is 2.70. The summed E-state index contributed by atoms with van der Waals surface area (Å²) in [6.45, 7) is 10.2. The maximum atomic E-state index is 4.14. The zero-order valence-electron chi connectivity index (χ0n) is 15.2. The Morgan fingerprint density at radius 2 is 1.23 bits per heavy atom. The van der Waals surface area contributed by atoms with Crippen LogP contribution in [0.3, 0.4) is 0 Å². The molecule has 0 saturated carbocycles. The lowest BCUT2D eigenvalue weighted by molar-refractivity contribution is 0.737. The van der Waals surface area contributed by atoms with Gasteiger partial charge in [-0.1, -0.05) is 116 Å². The van der Waals surface area contributed by atoms with E-state index in [4.69, 9.17) is 0 Å². The molecule has 0 aliphatic carbocycles. The number of aryl methyl sites for hydroxylation is 1. The van der Waals surface area contributed by atoms with Crippen molar-refractivity contribution in [2.45, 2.75) is 12.3 Å². The molecule has 0 heterocycles. The highest BCUT2D eigenvalue weighted by Gasteiger charge is 2.39. The van der Waals surface area contributed by atoms with Crippen LogP contribution in [0.2, 0.25) is 0 Å². The molecule has 0 nitrogen and oxygen atoms in total. The smallest absolute Gasteiger partial charge is 0.0703 e.